The highest BCUT2D eigenvalue weighted by Crippen LogP contribution is 2.31. The zero-order valence-electron chi connectivity index (χ0n) is 11.7. The van der Waals surface area contributed by atoms with Gasteiger partial charge >= 0.3 is 6.18 Å². The molecular formula is C16H12F3N3. The highest BCUT2D eigenvalue weighted by molar-refractivity contribution is 5.84. The lowest BCUT2D eigenvalue weighted by atomic mass is 10.2. The van der Waals surface area contributed by atoms with Crippen LogP contribution in [0.5, 0.6) is 0 Å². The molecule has 112 valence electrons. The summed E-state index contributed by atoms with van der Waals surface area (Å²) in [6.45, 7) is 0. The number of alkyl halides is 3. The fourth-order valence-corrected chi connectivity index (χ4v) is 2.21. The second-order valence-electron chi connectivity index (χ2n) is 4.83. The first-order valence-electron chi connectivity index (χ1n) is 6.58. The van der Waals surface area contributed by atoms with Gasteiger partial charge in [0, 0.05) is 13.3 Å². The second kappa shape index (κ2) is 5.29. The van der Waals surface area contributed by atoms with Gasteiger partial charge in [-0.05, 0) is 23.8 Å². The summed E-state index contributed by atoms with van der Waals surface area (Å²) >= 11 is 0. The maximum absolute atomic E-state index is 12.8. The summed E-state index contributed by atoms with van der Waals surface area (Å²) in [5, 5.41) is 0. The van der Waals surface area contributed by atoms with Crippen molar-refractivity contribution < 1.29 is 13.2 Å². The van der Waals surface area contributed by atoms with Gasteiger partial charge < -0.3 is 4.57 Å². The van der Waals surface area contributed by atoms with Crippen LogP contribution in [0.15, 0.2) is 53.5 Å². The maximum atomic E-state index is 12.8. The fourth-order valence-electron chi connectivity index (χ4n) is 2.21. The number of halogens is 3. The van der Waals surface area contributed by atoms with Gasteiger partial charge in [0.05, 0.1) is 16.7 Å². The molecule has 3 aromatic rings. The largest absolute Gasteiger partial charge is 0.449 e. The third kappa shape index (κ3) is 2.72. The predicted octanol–water partition coefficient (Wildman–Crippen LogP) is 4.34. The van der Waals surface area contributed by atoms with Crippen molar-refractivity contribution in [2.75, 3.05) is 0 Å². The van der Waals surface area contributed by atoms with Crippen molar-refractivity contribution in [2.45, 2.75) is 6.18 Å². The average molecular weight is 303 g/mol. The molecule has 0 fully saturated rings. The number of aliphatic imine (C=N–C) groups is 1. The summed E-state index contributed by atoms with van der Waals surface area (Å²) in [4.78, 5) is 7.94. The summed E-state index contributed by atoms with van der Waals surface area (Å²) < 4.78 is 39.6. The second-order valence-corrected chi connectivity index (χ2v) is 4.83. The number of aromatic nitrogens is 2. The predicted molar refractivity (Wildman–Crippen MR) is 79.4 cm³/mol. The molecule has 1 aromatic heterocycles. The Hall–Kier alpha value is -2.63. The normalized spacial score (nSPS) is 12.4. The molecule has 0 aliphatic heterocycles. The molecule has 0 aliphatic rings. The molecule has 0 bridgehead atoms. The molecule has 0 amide bonds. The monoisotopic (exact) mass is 303 g/mol. The van der Waals surface area contributed by atoms with Crippen LogP contribution in [0.4, 0.5) is 18.9 Å². The SMILES string of the molecule is Cn1c(C(F)(F)F)nc2cc(N=Cc3ccccc3)ccc21. The number of imidazole rings is 1. The van der Waals surface area contributed by atoms with E-state index >= 15 is 0 Å². The van der Waals surface area contributed by atoms with Crippen LogP contribution in [0.25, 0.3) is 11.0 Å². The van der Waals surface area contributed by atoms with E-state index in [1.165, 1.54) is 7.05 Å². The number of nitrogens with zero attached hydrogens (tertiary/aromatic N) is 3. The third-order valence-corrected chi connectivity index (χ3v) is 3.28. The van der Waals surface area contributed by atoms with Crippen LogP contribution in [-0.2, 0) is 13.2 Å². The Morgan fingerprint density at radius 2 is 1.82 bits per heavy atom. The van der Waals surface area contributed by atoms with E-state index in [4.69, 9.17) is 0 Å². The van der Waals surface area contributed by atoms with Gasteiger partial charge in [0.15, 0.2) is 0 Å². The Kier molecular flexibility index (Phi) is 3.44. The fraction of sp³-hybridized carbons (Fsp3) is 0.125. The number of benzene rings is 2. The zero-order chi connectivity index (χ0) is 15.7. The minimum absolute atomic E-state index is 0.275. The summed E-state index contributed by atoms with van der Waals surface area (Å²) in [6, 6.07) is 14.3. The average Bonchev–Trinajstić information content (AvgIpc) is 2.83. The van der Waals surface area contributed by atoms with E-state index < -0.39 is 12.0 Å². The highest BCUT2D eigenvalue weighted by atomic mass is 19.4. The van der Waals surface area contributed by atoms with Crippen LogP contribution < -0.4 is 0 Å². The van der Waals surface area contributed by atoms with Crippen molar-refractivity contribution in [2.24, 2.45) is 12.0 Å². The molecule has 0 radical (unpaired) electrons. The first-order valence-corrected chi connectivity index (χ1v) is 6.58. The van der Waals surface area contributed by atoms with E-state index in [-0.39, 0.29) is 5.52 Å². The molecule has 1 heterocycles. The first-order chi connectivity index (χ1) is 10.4. The Labute approximate surface area is 124 Å². The smallest absolute Gasteiger partial charge is 0.323 e. The Morgan fingerprint density at radius 1 is 1.09 bits per heavy atom. The van der Waals surface area contributed by atoms with Crippen molar-refractivity contribution in [1.82, 2.24) is 9.55 Å². The van der Waals surface area contributed by atoms with Crippen LogP contribution in [-0.4, -0.2) is 15.8 Å². The van der Waals surface area contributed by atoms with Gasteiger partial charge in [-0.2, -0.15) is 13.2 Å². The number of aryl methyl sites for hydroxylation is 1. The van der Waals surface area contributed by atoms with Crippen LogP contribution in [0.2, 0.25) is 0 Å². The lowest BCUT2D eigenvalue weighted by Crippen LogP contribution is -2.12. The van der Waals surface area contributed by atoms with E-state index in [9.17, 15) is 13.2 Å². The minimum atomic E-state index is -4.47. The molecular weight excluding hydrogens is 291 g/mol. The lowest BCUT2D eigenvalue weighted by Gasteiger charge is -2.05. The molecule has 0 aliphatic carbocycles. The van der Waals surface area contributed by atoms with E-state index in [1.807, 2.05) is 30.3 Å². The molecule has 0 spiro atoms. The van der Waals surface area contributed by atoms with Gasteiger partial charge in [-0.25, -0.2) is 4.98 Å². The first kappa shape index (κ1) is 14.3. The van der Waals surface area contributed by atoms with Gasteiger partial charge in [0.2, 0.25) is 5.82 Å². The summed E-state index contributed by atoms with van der Waals surface area (Å²) in [5.74, 6) is -0.910. The van der Waals surface area contributed by atoms with Crippen LogP contribution >= 0.6 is 0 Å². The van der Waals surface area contributed by atoms with Gasteiger partial charge in [-0.1, -0.05) is 30.3 Å². The van der Waals surface area contributed by atoms with E-state index in [0.717, 1.165) is 10.1 Å². The lowest BCUT2D eigenvalue weighted by molar-refractivity contribution is -0.146. The Morgan fingerprint density at radius 3 is 2.50 bits per heavy atom. The summed E-state index contributed by atoms with van der Waals surface area (Å²) in [6.07, 6.45) is -2.81. The maximum Gasteiger partial charge on any atom is 0.449 e. The van der Waals surface area contributed by atoms with Gasteiger partial charge in [0.1, 0.15) is 0 Å². The standard InChI is InChI=1S/C16H12F3N3/c1-22-14-8-7-12(20-10-11-5-3-2-4-6-11)9-13(14)21-15(22)16(17,18)19/h2-10H,1H3. The zero-order valence-corrected chi connectivity index (χ0v) is 11.7. The molecule has 0 atom stereocenters. The van der Waals surface area contributed by atoms with Gasteiger partial charge in [0.25, 0.3) is 0 Å². The molecule has 0 N–H and O–H groups in total. The number of hydrogen-bond acceptors (Lipinski definition) is 2. The van der Waals surface area contributed by atoms with Gasteiger partial charge in [-0.15, -0.1) is 0 Å². The molecule has 3 rings (SSSR count). The Bertz CT molecular complexity index is 833. The summed E-state index contributed by atoms with van der Waals surface area (Å²) in [7, 11) is 1.35. The van der Waals surface area contributed by atoms with Crippen LogP contribution in [0, 0.1) is 0 Å². The summed E-state index contributed by atoms with van der Waals surface area (Å²) in [5.41, 5.74) is 2.17. The molecule has 6 heteroatoms. The molecule has 0 saturated carbocycles. The Balaban J connectivity index is 1.98. The number of hydrogen-bond donors (Lipinski definition) is 0. The van der Waals surface area contributed by atoms with E-state index in [0.29, 0.717) is 11.2 Å². The quantitative estimate of drug-likeness (QED) is 0.648. The van der Waals surface area contributed by atoms with Gasteiger partial charge in [-0.3, -0.25) is 4.99 Å². The van der Waals surface area contributed by atoms with Crippen molar-refractivity contribution in [3.8, 4) is 0 Å². The van der Waals surface area contributed by atoms with E-state index in [1.54, 1.807) is 24.4 Å². The van der Waals surface area contributed by atoms with Crippen LogP contribution in [0.1, 0.15) is 11.4 Å². The molecule has 2 aromatic carbocycles. The molecule has 3 nitrogen and oxygen atoms in total. The van der Waals surface area contributed by atoms with Crippen molar-refractivity contribution in [1.29, 1.82) is 0 Å². The minimum Gasteiger partial charge on any atom is -0.323 e. The van der Waals surface area contributed by atoms with Crippen molar-refractivity contribution in [3.63, 3.8) is 0 Å². The molecule has 22 heavy (non-hydrogen) atoms. The third-order valence-electron chi connectivity index (χ3n) is 3.28. The number of rotatable bonds is 2. The van der Waals surface area contributed by atoms with Crippen molar-refractivity contribution >= 4 is 22.9 Å². The van der Waals surface area contributed by atoms with E-state index in [2.05, 4.69) is 9.98 Å². The highest BCUT2D eigenvalue weighted by Gasteiger charge is 2.36. The topological polar surface area (TPSA) is 30.2 Å². The number of fused-ring (bicyclic) bond motifs is 1. The van der Waals surface area contributed by atoms with Crippen molar-refractivity contribution in [3.05, 3.63) is 59.9 Å². The van der Waals surface area contributed by atoms with Crippen LogP contribution in [0.3, 0.4) is 0 Å². The molecule has 0 unspecified atom stereocenters. The molecule has 0 saturated heterocycles.